The predicted molar refractivity (Wildman–Crippen MR) is 29.2 cm³/mol. The van der Waals surface area contributed by atoms with Crippen LogP contribution in [-0.4, -0.2) is 24.0 Å². The molecule has 1 saturated carbocycles. The van der Waals surface area contributed by atoms with Gasteiger partial charge in [0.15, 0.2) is 5.79 Å². The van der Waals surface area contributed by atoms with Gasteiger partial charge in [0.2, 0.25) is 0 Å². The lowest BCUT2D eigenvalue weighted by molar-refractivity contribution is -0.122. The van der Waals surface area contributed by atoms with Crippen molar-refractivity contribution in [2.24, 2.45) is 5.73 Å². The molecule has 0 aromatic rings. The molecular formula is C5H11NO2. The second-order valence-corrected chi connectivity index (χ2v) is 2.08. The van der Waals surface area contributed by atoms with E-state index in [2.05, 4.69) is 0 Å². The fourth-order valence-corrected chi connectivity index (χ4v) is 0.500. The Balaban J connectivity index is 2.01. The van der Waals surface area contributed by atoms with Gasteiger partial charge in [-0.25, -0.2) is 0 Å². The van der Waals surface area contributed by atoms with Crippen LogP contribution in [0.15, 0.2) is 0 Å². The first-order valence-corrected chi connectivity index (χ1v) is 2.83. The molecule has 48 valence electrons. The second kappa shape index (κ2) is 2.01. The Morgan fingerprint density at radius 1 is 1.62 bits per heavy atom. The molecule has 1 rings (SSSR count). The predicted octanol–water partition coefficient (Wildman–Crippen LogP) is -0.556. The summed E-state index contributed by atoms with van der Waals surface area (Å²) < 4.78 is 4.92. The first-order chi connectivity index (χ1) is 3.77. The molecule has 0 atom stereocenters. The molecule has 0 bridgehead atoms. The van der Waals surface area contributed by atoms with Crippen LogP contribution in [0.5, 0.6) is 0 Å². The molecule has 0 saturated heterocycles. The van der Waals surface area contributed by atoms with E-state index in [0.29, 0.717) is 13.2 Å². The largest absolute Gasteiger partial charge is 0.365 e. The summed E-state index contributed by atoms with van der Waals surface area (Å²) in [6.07, 6.45) is 1.54. The highest BCUT2D eigenvalue weighted by Gasteiger charge is 2.41. The molecular weight excluding hydrogens is 106 g/mol. The third-order valence-electron chi connectivity index (χ3n) is 1.17. The van der Waals surface area contributed by atoms with E-state index in [-0.39, 0.29) is 0 Å². The van der Waals surface area contributed by atoms with Gasteiger partial charge in [-0.3, -0.25) is 0 Å². The molecule has 3 N–H and O–H groups in total. The third kappa shape index (κ3) is 1.43. The van der Waals surface area contributed by atoms with E-state index in [1.165, 1.54) is 0 Å². The molecule has 0 heterocycles. The fourth-order valence-electron chi connectivity index (χ4n) is 0.500. The van der Waals surface area contributed by atoms with Crippen LogP contribution in [0.3, 0.4) is 0 Å². The monoisotopic (exact) mass is 117 g/mol. The summed E-state index contributed by atoms with van der Waals surface area (Å²) in [5.74, 6) is -0.778. The van der Waals surface area contributed by atoms with E-state index in [9.17, 15) is 0 Å². The summed E-state index contributed by atoms with van der Waals surface area (Å²) in [6, 6.07) is 0. The maximum atomic E-state index is 8.98. The molecule has 0 radical (unpaired) electrons. The molecule has 1 fully saturated rings. The molecule has 1 aliphatic rings. The topological polar surface area (TPSA) is 55.5 Å². The molecule has 3 nitrogen and oxygen atoms in total. The minimum absolute atomic E-state index is 0.469. The van der Waals surface area contributed by atoms with Gasteiger partial charge >= 0.3 is 0 Å². The van der Waals surface area contributed by atoms with E-state index in [1.807, 2.05) is 0 Å². The molecule has 1 aliphatic carbocycles. The lowest BCUT2D eigenvalue weighted by atomic mass is 10.6. The summed E-state index contributed by atoms with van der Waals surface area (Å²) in [5, 5.41) is 8.98. The van der Waals surface area contributed by atoms with Crippen LogP contribution in [0.1, 0.15) is 12.8 Å². The number of ether oxygens (including phenoxy) is 1. The number of rotatable bonds is 3. The van der Waals surface area contributed by atoms with Gasteiger partial charge in [0.05, 0.1) is 6.61 Å². The molecule has 3 heteroatoms. The van der Waals surface area contributed by atoms with Crippen LogP contribution in [-0.2, 0) is 4.74 Å². The number of nitrogens with two attached hydrogens (primary N) is 1. The van der Waals surface area contributed by atoms with Crippen LogP contribution in [0.4, 0.5) is 0 Å². The fraction of sp³-hybridized carbons (Fsp3) is 1.00. The number of aliphatic hydroxyl groups is 1. The zero-order valence-corrected chi connectivity index (χ0v) is 4.76. The molecule has 0 unspecified atom stereocenters. The summed E-state index contributed by atoms with van der Waals surface area (Å²) in [4.78, 5) is 0. The summed E-state index contributed by atoms with van der Waals surface area (Å²) >= 11 is 0. The Hall–Kier alpha value is -0.120. The normalized spacial score (nSPS) is 23.2. The average molecular weight is 117 g/mol. The molecule has 0 amide bonds. The Morgan fingerprint density at radius 2 is 2.25 bits per heavy atom. The molecule has 0 aliphatic heterocycles. The highest BCUT2D eigenvalue weighted by molar-refractivity contribution is 4.82. The minimum atomic E-state index is -0.778. The summed E-state index contributed by atoms with van der Waals surface area (Å²) in [7, 11) is 0. The average Bonchev–Trinajstić information content (AvgIpc) is 2.45. The molecule has 8 heavy (non-hydrogen) atoms. The van der Waals surface area contributed by atoms with Crippen molar-refractivity contribution in [1.82, 2.24) is 0 Å². The molecule has 0 spiro atoms. The quantitative estimate of drug-likeness (QED) is 0.487. The lowest BCUT2D eigenvalue weighted by Gasteiger charge is -2.06. The SMILES string of the molecule is NCCOC1(O)CC1. The van der Waals surface area contributed by atoms with Gasteiger partial charge in [0.1, 0.15) is 0 Å². The van der Waals surface area contributed by atoms with Crippen LogP contribution in [0.25, 0.3) is 0 Å². The van der Waals surface area contributed by atoms with Gasteiger partial charge < -0.3 is 15.6 Å². The van der Waals surface area contributed by atoms with Crippen molar-refractivity contribution in [2.45, 2.75) is 18.6 Å². The third-order valence-corrected chi connectivity index (χ3v) is 1.17. The minimum Gasteiger partial charge on any atom is -0.365 e. The molecule has 0 aromatic heterocycles. The molecule has 0 aromatic carbocycles. The smallest absolute Gasteiger partial charge is 0.165 e. The Morgan fingerprint density at radius 3 is 2.62 bits per heavy atom. The van der Waals surface area contributed by atoms with Gasteiger partial charge in [0, 0.05) is 19.4 Å². The maximum absolute atomic E-state index is 8.98. The van der Waals surface area contributed by atoms with Crippen molar-refractivity contribution in [3.8, 4) is 0 Å². The van der Waals surface area contributed by atoms with Crippen molar-refractivity contribution >= 4 is 0 Å². The highest BCUT2D eigenvalue weighted by atomic mass is 16.6. The van der Waals surface area contributed by atoms with E-state index in [0.717, 1.165) is 12.8 Å². The Labute approximate surface area is 48.4 Å². The first-order valence-electron chi connectivity index (χ1n) is 2.83. The van der Waals surface area contributed by atoms with E-state index >= 15 is 0 Å². The summed E-state index contributed by atoms with van der Waals surface area (Å²) in [5.41, 5.74) is 5.13. The Kier molecular flexibility index (Phi) is 1.51. The van der Waals surface area contributed by atoms with Crippen LogP contribution in [0.2, 0.25) is 0 Å². The van der Waals surface area contributed by atoms with Gasteiger partial charge in [-0.15, -0.1) is 0 Å². The number of hydrogen-bond acceptors (Lipinski definition) is 3. The zero-order chi connectivity index (χ0) is 6.04. The standard InChI is InChI=1S/C5H11NO2/c6-3-4-8-5(7)1-2-5/h7H,1-4,6H2. The first kappa shape index (κ1) is 6.01. The maximum Gasteiger partial charge on any atom is 0.165 e. The van der Waals surface area contributed by atoms with E-state index < -0.39 is 5.79 Å². The van der Waals surface area contributed by atoms with Gasteiger partial charge in [0.25, 0.3) is 0 Å². The van der Waals surface area contributed by atoms with Crippen LogP contribution >= 0.6 is 0 Å². The van der Waals surface area contributed by atoms with Crippen molar-refractivity contribution in [1.29, 1.82) is 0 Å². The van der Waals surface area contributed by atoms with Crippen LogP contribution < -0.4 is 5.73 Å². The summed E-state index contributed by atoms with van der Waals surface area (Å²) in [6.45, 7) is 0.957. The lowest BCUT2D eigenvalue weighted by Crippen LogP contribution is -2.18. The van der Waals surface area contributed by atoms with Crippen molar-refractivity contribution in [3.05, 3.63) is 0 Å². The highest BCUT2D eigenvalue weighted by Crippen LogP contribution is 2.35. The van der Waals surface area contributed by atoms with Crippen molar-refractivity contribution in [2.75, 3.05) is 13.2 Å². The van der Waals surface area contributed by atoms with Gasteiger partial charge in [-0.2, -0.15) is 0 Å². The number of hydrogen-bond donors (Lipinski definition) is 2. The van der Waals surface area contributed by atoms with Crippen LogP contribution in [0, 0.1) is 0 Å². The second-order valence-electron chi connectivity index (χ2n) is 2.08. The van der Waals surface area contributed by atoms with Crippen molar-refractivity contribution < 1.29 is 9.84 Å². The van der Waals surface area contributed by atoms with Gasteiger partial charge in [-0.05, 0) is 0 Å². The zero-order valence-electron chi connectivity index (χ0n) is 4.76. The van der Waals surface area contributed by atoms with Gasteiger partial charge in [-0.1, -0.05) is 0 Å². The van der Waals surface area contributed by atoms with E-state index in [1.54, 1.807) is 0 Å². The van der Waals surface area contributed by atoms with Crippen molar-refractivity contribution in [3.63, 3.8) is 0 Å². The van der Waals surface area contributed by atoms with E-state index in [4.69, 9.17) is 15.6 Å². The Bertz CT molecular complexity index is 80.5.